The van der Waals surface area contributed by atoms with Gasteiger partial charge in [-0.15, -0.1) is 0 Å². The maximum absolute atomic E-state index is 12.0. The summed E-state index contributed by atoms with van der Waals surface area (Å²) < 4.78 is 0. The number of hydrogen-bond acceptors (Lipinski definition) is 1. The summed E-state index contributed by atoms with van der Waals surface area (Å²) in [4.78, 5) is 13.9. The van der Waals surface area contributed by atoms with Crippen molar-refractivity contribution < 1.29 is 4.79 Å². The first-order chi connectivity index (χ1) is 7.42. The molecule has 1 aliphatic carbocycles. The first-order valence-corrected chi connectivity index (χ1v) is 6.39. The third-order valence-corrected chi connectivity index (χ3v) is 4.08. The molecule has 0 saturated heterocycles. The van der Waals surface area contributed by atoms with E-state index in [2.05, 4.69) is 20.8 Å². The molecule has 0 fully saturated rings. The van der Waals surface area contributed by atoms with E-state index in [1.54, 1.807) is 0 Å². The van der Waals surface area contributed by atoms with E-state index in [0.29, 0.717) is 11.8 Å². The summed E-state index contributed by atoms with van der Waals surface area (Å²) in [5, 5.41) is 0. The van der Waals surface area contributed by atoms with Gasteiger partial charge in [0.15, 0.2) is 0 Å². The molecule has 0 unspecified atom stereocenters. The normalized spacial score (nSPS) is 19.1. The van der Waals surface area contributed by atoms with E-state index < -0.39 is 0 Å². The fourth-order valence-electron chi connectivity index (χ4n) is 2.41. The molecule has 0 spiro atoms. The van der Waals surface area contributed by atoms with Crippen molar-refractivity contribution in [2.75, 3.05) is 13.1 Å². The Morgan fingerprint density at radius 3 is 2.25 bits per heavy atom. The Bertz CT molecular complexity index is 298. The molecule has 0 saturated carbocycles. The number of nitrogens with zero attached hydrogens (tertiary/aromatic N) is 1. The molecule has 16 heavy (non-hydrogen) atoms. The molecule has 0 aromatic heterocycles. The van der Waals surface area contributed by atoms with E-state index in [0.717, 1.165) is 19.5 Å². The SMILES string of the molecule is CCN(CC)C(=O)CC1=C(C)C(C)(C)CC1. The fraction of sp³-hybridized carbons (Fsp3) is 0.786. The van der Waals surface area contributed by atoms with Crippen molar-refractivity contribution in [3.8, 4) is 0 Å². The number of amides is 1. The third kappa shape index (κ3) is 2.66. The first-order valence-electron chi connectivity index (χ1n) is 6.39. The molecule has 0 bridgehead atoms. The number of allylic oxidation sites excluding steroid dienone is 1. The van der Waals surface area contributed by atoms with E-state index in [4.69, 9.17) is 0 Å². The Kier molecular flexibility index (Phi) is 4.17. The zero-order valence-corrected chi connectivity index (χ0v) is 11.4. The minimum atomic E-state index is 0.289. The van der Waals surface area contributed by atoms with Crippen molar-refractivity contribution in [2.45, 2.75) is 53.9 Å². The summed E-state index contributed by atoms with van der Waals surface area (Å²) in [5.74, 6) is 0.289. The van der Waals surface area contributed by atoms with Gasteiger partial charge in [0.05, 0.1) is 0 Å². The van der Waals surface area contributed by atoms with Crippen LogP contribution >= 0.6 is 0 Å². The molecule has 1 amide bonds. The molecule has 0 aromatic carbocycles. The average molecular weight is 223 g/mol. The second-order valence-electron chi connectivity index (χ2n) is 5.36. The monoisotopic (exact) mass is 223 g/mol. The Balaban J connectivity index is 2.69. The largest absolute Gasteiger partial charge is 0.343 e. The molecular formula is C14H25NO. The lowest BCUT2D eigenvalue weighted by atomic mass is 9.86. The van der Waals surface area contributed by atoms with Crippen molar-refractivity contribution in [1.29, 1.82) is 0 Å². The predicted octanol–water partition coefficient (Wildman–Crippen LogP) is 3.38. The summed E-state index contributed by atoms with van der Waals surface area (Å²) >= 11 is 0. The molecule has 0 atom stereocenters. The second-order valence-corrected chi connectivity index (χ2v) is 5.36. The minimum absolute atomic E-state index is 0.289. The Labute approximate surface area is 99.7 Å². The van der Waals surface area contributed by atoms with Gasteiger partial charge in [0.25, 0.3) is 0 Å². The fourth-order valence-corrected chi connectivity index (χ4v) is 2.41. The number of carbonyl (C=O) groups excluding carboxylic acids is 1. The van der Waals surface area contributed by atoms with Gasteiger partial charge in [-0.3, -0.25) is 4.79 Å². The van der Waals surface area contributed by atoms with Crippen LogP contribution in [0.5, 0.6) is 0 Å². The summed E-state index contributed by atoms with van der Waals surface area (Å²) in [6.07, 6.45) is 2.93. The highest BCUT2D eigenvalue weighted by atomic mass is 16.2. The number of rotatable bonds is 4. The molecule has 92 valence electrons. The molecule has 0 aliphatic heterocycles. The number of carbonyl (C=O) groups is 1. The standard InChI is InChI=1S/C14H25NO/c1-6-15(7-2)13(16)10-12-8-9-14(4,5)11(12)3/h6-10H2,1-5H3. The van der Waals surface area contributed by atoms with Crippen molar-refractivity contribution in [3.63, 3.8) is 0 Å². The van der Waals surface area contributed by atoms with Crippen LogP contribution in [0.4, 0.5) is 0 Å². The summed E-state index contributed by atoms with van der Waals surface area (Å²) in [6, 6.07) is 0. The molecule has 1 rings (SSSR count). The van der Waals surface area contributed by atoms with Crippen LogP contribution in [0.1, 0.15) is 53.9 Å². The van der Waals surface area contributed by atoms with Crippen molar-refractivity contribution in [2.24, 2.45) is 5.41 Å². The Morgan fingerprint density at radius 2 is 1.88 bits per heavy atom. The molecule has 1 aliphatic rings. The maximum atomic E-state index is 12.0. The van der Waals surface area contributed by atoms with Gasteiger partial charge in [-0.1, -0.05) is 25.0 Å². The van der Waals surface area contributed by atoms with Gasteiger partial charge in [0, 0.05) is 19.5 Å². The Morgan fingerprint density at radius 1 is 1.31 bits per heavy atom. The van der Waals surface area contributed by atoms with E-state index in [9.17, 15) is 4.79 Å². The van der Waals surface area contributed by atoms with E-state index in [1.807, 2.05) is 18.7 Å². The molecule has 0 N–H and O–H groups in total. The van der Waals surface area contributed by atoms with Gasteiger partial charge in [0.1, 0.15) is 0 Å². The number of hydrogen-bond donors (Lipinski definition) is 0. The van der Waals surface area contributed by atoms with Crippen LogP contribution in [0.25, 0.3) is 0 Å². The highest BCUT2D eigenvalue weighted by Gasteiger charge is 2.30. The molecule has 2 nitrogen and oxygen atoms in total. The van der Waals surface area contributed by atoms with Gasteiger partial charge >= 0.3 is 0 Å². The summed E-state index contributed by atoms with van der Waals surface area (Å²) in [5.41, 5.74) is 3.12. The molecular weight excluding hydrogens is 198 g/mol. The van der Waals surface area contributed by atoms with Crippen LogP contribution in [0.15, 0.2) is 11.1 Å². The molecule has 2 heteroatoms. The topological polar surface area (TPSA) is 20.3 Å². The van der Waals surface area contributed by atoms with Crippen LogP contribution < -0.4 is 0 Å². The van der Waals surface area contributed by atoms with Crippen LogP contribution in [-0.2, 0) is 4.79 Å². The third-order valence-electron chi connectivity index (χ3n) is 4.08. The molecule has 0 radical (unpaired) electrons. The quantitative estimate of drug-likeness (QED) is 0.669. The lowest BCUT2D eigenvalue weighted by molar-refractivity contribution is -0.130. The predicted molar refractivity (Wildman–Crippen MR) is 68.3 cm³/mol. The van der Waals surface area contributed by atoms with E-state index in [1.165, 1.54) is 17.6 Å². The zero-order valence-electron chi connectivity index (χ0n) is 11.4. The minimum Gasteiger partial charge on any atom is -0.343 e. The van der Waals surface area contributed by atoms with Gasteiger partial charge in [-0.25, -0.2) is 0 Å². The molecule has 0 aromatic rings. The smallest absolute Gasteiger partial charge is 0.226 e. The highest BCUT2D eigenvalue weighted by molar-refractivity contribution is 5.79. The average Bonchev–Trinajstić information content (AvgIpc) is 2.47. The maximum Gasteiger partial charge on any atom is 0.226 e. The van der Waals surface area contributed by atoms with Crippen molar-refractivity contribution >= 4 is 5.91 Å². The summed E-state index contributed by atoms with van der Waals surface area (Å²) in [7, 11) is 0. The van der Waals surface area contributed by atoms with Crippen molar-refractivity contribution in [1.82, 2.24) is 4.90 Å². The van der Waals surface area contributed by atoms with Crippen LogP contribution in [-0.4, -0.2) is 23.9 Å². The first kappa shape index (κ1) is 13.3. The second kappa shape index (κ2) is 5.03. The van der Waals surface area contributed by atoms with E-state index in [-0.39, 0.29) is 5.91 Å². The molecule has 0 heterocycles. The van der Waals surface area contributed by atoms with Gasteiger partial charge in [-0.05, 0) is 39.0 Å². The van der Waals surface area contributed by atoms with Gasteiger partial charge in [-0.2, -0.15) is 0 Å². The zero-order chi connectivity index (χ0) is 12.3. The lowest BCUT2D eigenvalue weighted by Gasteiger charge is -2.21. The van der Waals surface area contributed by atoms with Crippen LogP contribution in [0, 0.1) is 5.41 Å². The van der Waals surface area contributed by atoms with Gasteiger partial charge < -0.3 is 4.90 Å². The van der Waals surface area contributed by atoms with Crippen molar-refractivity contribution in [3.05, 3.63) is 11.1 Å². The van der Waals surface area contributed by atoms with Crippen LogP contribution in [0.3, 0.4) is 0 Å². The lowest BCUT2D eigenvalue weighted by Crippen LogP contribution is -2.30. The Hall–Kier alpha value is -0.790. The van der Waals surface area contributed by atoms with Gasteiger partial charge in [0.2, 0.25) is 5.91 Å². The summed E-state index contributed by atoms with van der Waals surface area (Å²) in [6.45, 7) is 12.5. The van der Waals surface area contributed by atoms with Crippen LogP contribution in [0.2, 0.25) is 0 Å². The van der Waals surface area contributed by atoms with E-state index >= 15 is 0 Å². The highest BCUT2D eigenvalue weighted by Crippen LogP contribution is 2.43.